The number of unbranched alkanes of at least 4 members (excludes halogenated alkanes) is 1. The Balaban J connectivity index is 1.65. The Kier molecular flexibility index (Phi) is 10.6. The Morgan fingerprint density at radius 3 is 2.29 bits per heavy atom. The first-order valence-electron chi connectivity index (χ1n) is 15.3. The van der Waals surface area contributed by atoms with Crippen LogP contribution in [0.4, 0.5) is 17.6 Å². The van der Waals surface area contributed by atoms with E-state index in [0.29, 0.717) is 18.2 Å². The molecule has 13 heteroatoms. The van der Waals surface area contributed by atoms with Crippen molar-refractivity contribution in [2.45, 2.75) is 45.0 Å². The topological polar surface area (TPSA) is 93.5 Å². The number of hydrogen-bond donors (Lipinski definition) is 1. The van der Waals surface area contributed by atoms with Crippen molar-refractivity contribution in [3.8, 4) is 17.2 Å². The molecule has 0 saturated carbocycles. The van der Waals surface area contributed by atoms with Crippen molar-refractivity contribution >= 4 is 5.91 Å². The number of amides is 1. The molecule has 0 bridgehead atoms. The van der Waals surface area contributed by atoms with Crippen molar-refractivity contribution in [2.75, 3.05) is 32.4 Å². The molecule has 0 radical (unpaired) electrons. The number of nitrogens with zero attached hydrogens (tertiary/aromatic N) is 3. The van der Waals surface area contributed by atoms with Gasteiger partial charge in [0.25, 0.3) is 5.91 Å². The summed E-state index contributed by atoms with van der Waals surface area (Å²) in [5.41, 5.74) is -0.0830. The fourth-order valence-corrected chi connectivity index (χ4v) is 5.63. The molecule has 0 fully saturated rings. The normalized spacial score (nSPS) is 15.0. The van der Waals surface area contributed by atoms with E-state index >= 15 is 0 Å². The molecule has 0 saturated heterocycles. The third-order valence-corrected chi connectivity index (χ3v) is 8.14. The fourth-order valence-electron chi connectivity index (χ4n) is 5.63. The molecule has 1 aliphatic heterocycles. The molecule has 3 aromatic carbocycles. The molecule has 4 aromatic rings. The highest BCUT2D eigenvalue weighted by Gasteiger charge is 2.43. The number of ether oxygens (including phenoxy) is 3. The third-order valence-electron chi connectivity index (χ3n) is 8.14. The van der Waals surface area contributed by atoms with E-state index in [0.717, 1.165) is 30.2 Å². The summed E-state index contributed by atoms with van der Waals surface area (Å²) in [6, 6.07) is 11.4. The zero-order valence-corrected chi connectivity index (χ0v) is 26.6. The number of carbonyl (C=O) groups is 1. The number of methoxy groups -OCH3 is 1. The predicted octanol–water partition coefficient (Wildman–Crippen LogP) is 6.04. The molecule has 48 heavy (non-hydrogen) atoms. The van der Waals surface area contributed by atoms with Crippen molar-refractivity contribution < 1.29 is 41.7 Å². The first-order valence-corrected chi connectivity index (χ1v) is 15.3. The van der Waals surface area contributed by atoms with Gasteiger partial charge in [-0.3, -0.25) is 19.3 Å². The summed E-state index contributed by atoms with van der Waals surface area (Å²) in [7, 11) is 3.04. The Labute approximate surface area is 274 Å². The number of pyridine rings is 1. The summed E-state index contributed by atoms with van der Waals surface area (Å²) in [5.74, 6) is -5.85. The van der Waals surface area contributed by atoms with Crippen molar-refractivity contribution in [1.29, 1.82) is 0 Å². The largest absolute Gasteiger partial charge is 0.507 e. The van der Waals surface area contributed by atoms with Gasteiger partial charge in [-0.05, 0) is 47.9 Å². The molecule has 2 heterocycles. The lowest BCUT2D eigenvalue weighted by Gasteiger charge is -2.49. The molecule has 5 rings (SSSR count). The smallest absolute Gasteiger partial charge is 0.277 e. The van der Waals surface area contributed by atoms with Crippen LogP contribution in [0.2, 0.25) is 0 Å². The maximum atomic E-state index is 14.8. The van der Waals surface area contributed by atoms with Crippen LogP contribution >= 0.6 is 0 Å². The molecule has 0 spiro atoms. The minimum absolute atomic E-state index is 0.0280. The molecule has 254 valence electrons. The number of benzene rings is 3. The molecule has 1 aliphatic rings. The van der Waals surface area contributed by atoms with Gasteiger partial charge in [0.15, 0.2) is 34.7 Å². The second kappa shape index (κ2) is 14.8. The molecular formula is C35H35F4N3O6. The number of aromatic hydroxyl groups is 1. The first kappa shape index (κ1) is 34.3. The quantitative estimate of drug-likeness (QED) is 0.137. The van der Waals surface area contributed by atoms with Crippen molar-refractivity contribution in [1.82, 2.24) is 9.58 Å². The van der Waals surface area contributed by atoms with Crippen molar-refractivity contribution in [2.24, 2.45) is 0 Å². The summed E-state index contributed by atoms with van der Waals surface area (Å²) >= 11 is 0. The monoisotopic (exact) mass is 669 g/mol. The predicted molar refractivity (Wildman–Crippen MR) is 169 cm³/mol. The van der Waals surface area contributed by atoms with E-state index in [9.17, 15) is 32.3 Å². The molecule has 1 amide bonds. The lowest BCUT2D eigenvalue weighted by Crippen LogP contribution is -2.61. The summed E-state index contributed by atoms with van der Waals surface area (Å²) in [6.45, 7) is 2.36. The standard InChI is InChI=1S/C35H35F4N3O6/c1-4-5-15-48-34-29(43)12-14-41-33(34)35(45)40(2)31(13-16-47-20-21-6-9-23(46-3)10-7-21)42(41)32(22-8-11-25(36)26(37)17-22)24-18-27(38)28(39)19-30(24)44/h6-12,14,17-19,31-32,44H,4-5,13,15-16,20H2,1-3H3. The zero-order valence-electron chi connectivity index (χ0n) is 26.6. The summed E-state index contributed by atoms with van der Waals surface area (Å²) in [4.78, 5) is 28.4. The lowest BCUT2D eigenvalue weighted by molar-refractivity contribution is 0.0497. The number of hydrogen-bond acceptors (Lipinski definition) is 7. The third kappa shape index (κ3) is 6.96. The minimum Gasteiger partial charge on any atom is -0.507 e. The Morgan fingerprint density at radius 2 is 1.60 bits per heavy atom. The van der Waals surface area contributed by atoms with Gasteiger partial charge in [-0.2, -0.15) is 0 Å². The first-order chi connectivity index (χ1) is 23.0. The van der Waals surface area contributed by atoms with Gasteiger partial charge in [-0.1, -0.05) is 31.5 Å². The second-order valence-corrected chi connectivity index (χ2v) is 11.3. The van der Waals surface area contributed by atoms with E-state index in [1.165, 1.54) is 40.0 Å². The van der Waals surface area contributed by atoms with Crippen LogP contribution in [0.5, 0.6) is 17.2 Å². The van der Waals surface area contributed by atoms with Gasteiger partial charge < -0.3 is 24.2 Å². The van der Waals surface area contributed by atoms with Crippen LogP contribution in [0.3, 0.4) is 0 Å². The minimum atomic E-state index is -1.36. The van der Waals surface area contributed by atoms with Crippen molar-refractivity contribution in [3.63, 3.8) is 0 Å². The van der Waals surface area contributed by atoms with Crippen LogP contribution in [-0.4, -0.2) is 54.1 Å². The van der Waals surface area contributed by atoms with Gasteiger partial charge in [-0.25, -0.2) is 17.6 Å². The van der Waals surface area contributed by atoms with E-state index in [1.54, 1.807) is 19.2 Å². The molecule has 1 aromatic heterocycles. The molecule has 2 atom stereocenters. The molecule has 1 N–H and O–H groups in total. The number of phenolic OH excluding ortho intramolecular Hbond substituents is 1. The number of halogens is 4. The summed E-state index contributed by atoms with van der Waals surface area (Å²) in [5, 5.41) is 12.5. The molecule has 9 nitrogen and oxygen atoms in total. The van der Waals surface area contributed by atoms with Crippen LogP contribution in [0.15, 0.2) is 71.7 Å². The number of rotatable bonds is 13. The highest BCUT2D eigenvalue weighted by Crippen LogP contribution is 2.40. The Bertz CT molecular complexity index is 1830. The van der Waals surface area contributed by atoms with Gasteiger partial charge in [0, 0.05) is 37.4 Å². The van der Waals surface area contributed by atoms with E-state index < -0.39 is 52.6 Å². The van der Waals surface area contributed by atoms with Crippen LogP contribution in [0.1, 0.15) is 59.4 Å². The Morgan fingerprint density at radius 1 is 0.896 bits per heavy atom. The maximum absolute atomic E-state index is 14.8. The van der Waals surface area contributed by atoms with Crippen molar-refractivity contribution in [3.05, 3.63) is 123 Å². The van der Waals surface area contributed by atoms with Crippen LogP contribution in [-0.2, 0) is 11.3 Å². The average Bonchev–Trinajstić information content (AvgIpc) is 3.07. The molecule has 2 unspecified atom stereocenters. The van der Waals surface area contributed by atoms with E-state index in [1.807, 2.05) is 19.1 Å². The van der Waals surface area contributed by atoms with E-state index in [2.05, 4.69) is 0 Å². The SMILES string of the molecule is CCCCOc1c2n(ccc1=O)N(C(c1ccc(F)c(F)c1)c1cc(F)c(F)cc1O)C(CCOCc1ccc(OC)cc1)N(C)C2=O. The summed E-state index contributed by atoms with van der Waals surface area (Å²) < 4.78 is 76.3. The van der Waals surface area contributed by atoms with Crippen LogP contribution in [0, 0.1) is 23.3 Å². The number of carbonyl (C=O) groups excluding carboxylic acids is 1. The van der Waals surface area contributed by atoms with Crippen LogP contribution < -0.4 is 19.9 Å². The lowest BCUT2D eigenvalue weighted by atomic mass is 9.95. The Hall–Kier alpha value is -5.04. The number of aromatic nitrogens is 1. The van der Waals surface area contributed by atoms with Gasteiger partial charge >= 0.3 is 0 Å². The molecule has 0 aliphatic carbocycles. The number of fused-ring (bicyclic) bond motifs is 1. The second-order valence-electron chi connectivity index (χ2n) is 11.3. The van der Waals surface area contributed by atoms with Crippen LogP contribution in [0.25, 0.3) is 0 Å². The highest BCUT2D eigenvalue weighted by atomic mass is 19.2. The fraction of sp³-hybridized carbons (Fsp3) is 0.314. The average molecular weight is 670 g/mol. The summed E-state index contributed by atoms with van der Waals surface area (Å²) in [6.07, 6.45) is 1.82. The van der Waals surface area contributed by atoms with Gasteiger partial charge in [0.1, 0.15) is 23.7 Å². The number of phenols is 1. The van der Waals surface area contributed by atoms with E-state index in [-0.39, 0.29) is 48.8 Å². The maximum Gasteiger partial charge on any atom is 0.277 e. The van der Waals surface area contributed by atoms with Gasteiger partial charge in [0.2, 0.25) is 5.43 Å². The van der Waals surface area contributed by atoms with Gasteiger partial charge in [-0.15, -0.1) is 0 Å². The molecular weight excluding hydrogens is 634 g/mol. The van der Waals surface area contributed by atoms with Gasteiger partial charge in [0.05, 0.1) is 26.9 Å². The highest BCUT2D eigenvalue weighted by molar-refractivity contribution is 5.96. The zero-order chi connectivity index (χ0) is 34.5. The van der Waals surface area contributed by atoms with E-state index in [4.69, 9.17) is 14.2 Å².